The SMILES string of the molecule is CNS(=O)(=O)c1ccc(F)c(C(=O)OCC(=O)Nc2cccc(Cl)c2C)c1. The molecule has 7 nitrogen and oxygen atoms in total. The molecule has 0 saturated carbocycles. The Morgan fingerprint density at radius 2 is 1.93 bits per heavy atom. The number of carbonyl (C=O) groups is 2. The molecular formula is C17H16ClFN2O5S. The summed E-state index contributed by atoms with van der Waals surface area (Å²) in [5.41, 5.74) is 0.477. The molecule has 0 radical (unpaired) electrons. The predicted molar refractivity (Wildman–Crippen MR) is 97.7 cm³/mol. The van der Waals surface area contributed by atoms with E-state index in [1.807, 2.05) is 0 Å². The average molecular weight is 415 g/mol. The van der Waals surface area contributed by atoms with E-state index in [2.05, 4.69) is 10.0 Å². The maximum absolute atomic E-state index is 13.8. The monoisotopic (exact) mass is 414 g/mol. The highest BCUT2D eigenvalue weighted by molar-refractivity contribution is 7.89. The summed E-state index contributed by atoms with van der Waals surface area (Å²) in [7, 11) is -2.69. The van der Waals surface area contributed by atoms with Crippen molar-refractivity contribution in [2.24, 2.45) is 0 Å². The quantitative estimate of drug-likeness (QED) is 0.707. The van der Waals surface area contributed by atoms with Crippen LogP contribution >= 0.6 is 11.6 Å². The van der Waals surface area contributed by atoms with Crippen molar-refractivity contribution in [3.63, 3.8) is 0 Å². The van der Waals surface area contributed by atoms with Crippen molar-refractivity contribution in [2.45, 2.75) is 11.8 Å². The highest BCUT2D eigenvalue weighted by Crippen LogP contribution is 2.23. The van der Waals surface area contributed by atoms with E-state index in [1.54, 1.807) is 25.1 Å². The summed E-state index contributed by atoms with van der Waals surface area (Å²) < 4.78 is 44.2. The standard InChI is InChI=1S/C17H16ClFN2O5S/c1-10-13(18)4-3-5-15(10)21-16(22)9-26-17(23)12-8-11(6-7-14(12)19)27(24,25)20-2/h3-8,20H,9H2,1-2H3,(H,21,22). The fourth-order valence-corrected chi connectivity index (χ4v) is 3.01. The molecule has 0 unspecified atom stereocenters. The van der Waals surface area contributed by atoms with Gasteiger partial charge in [-0.25, -0.2) is 22.3 Å². The Morgan fingerprint density at radius 1 is 1.22 bits per heavy atom. The van der Waals surface area contributed by atoms with Crippen LogP contribution in [0.4, 0.5) is 10.1 Å². The first-order valence-corrected chi connectivity index (χ1v) is 9.47. The van der Waals surface area contributed by atoms with E-state index in [4.69, 9.17) is 16.3 Å². The Labute approximate surface area is 160 Å². The van der Waals surface area contributed by atoms with Crippen LogP contribution in [0.1, 0.15) is 15.9 Å². The van der Waals surface area contributed by atoms with Crippen LogP contribution in [-0.2, 0) is 19.6 Å². The van der Waals surface area contributed by atoms with Gasteiger partial charge in [0.05, 0.1) is 10.5 Å². The molecule has 0 aromatic heterocycles. The van der Waals surface area contributed by atoms with Gasteiger partial charge >= 0.3 is 5.97 Å². The van der Waals surface area contributed by atoms with Crippen molar-refractivity contribution >= 4 is 39.2 Å². The average Bonchev–Trinajstić information content (AvgIpc) is 2.63. The third kappa shape index (κ3) is 5.03. The van der Waals surface area contributed by atoms with Crippen LogP contribution in [0.2, 0.25) is 5.02 Å². The number of nitrogens with one attached hydrogen (secondary N) is 2. The van der Waals surface area contributed by atoms with E-state index < -0.39 is 39.9 Å². The smallest absolute Gasteiger partial charge is 0.341 e. The van der Waals surface area contributed by atoms with Gasteiger partial charge in [0.25, 0.3) is 5.91 Å². The second-order valence-corrected chi connectivity index (χ2v) is 7.68. The molecule has 0 aliphatic carbocycles. The summed E-state index contributed by atoms with van der Waals surface area (Å²) in [6.07, 6.45) is 0. The van der Waals surface area contributed by atoms with Crippen molar-refractivity contribution in [3.8, 4) is 0 Å². The number of hydrogen-bond donors (Lipinski definition) is 2. The lowest BCUT2D eigenvalue weighted by atomic mass is 10.2. The summed E-state index contributed by atoms with van der Waals surface area (Å²) in [5.74, 6) is -2.80. The molecule has 2 aromatic rings. The molecule has 0 atom stereocenters. The van der Waals surface area contributed by atoms with Gasteiger partial charge in [-0.15, -0.1) is 0 Å². The lowest BCUT2D eigenvalue weighted by Crippen LogP contribution is -2.22. The molecule has 0 bridgehead atoms. The molecule has 0 fully saturated rings. The Hall–Kier alpha value is -2.49. The van der Waals surface area contributed by atoms with E-state index in [0.29, 0.717) is 16.3 Å². The summed E-state index contributed by atoms with van der Waals surface area (Å²) >= 11 is 5.95. The molecule has 0 heterocycles. The van der Waals surface area contributed by atoms with Crippen LogP contribution in [-0.4, -0.2) is 33.9 Å². The lowest BCUT2D eigenvalue weighted by molar-refractivity contribution is -0.119. The number of benzene rings is 2. The van der Waals surface area contributed by atoms with Crippen molar-refractivity contribution in [1.82, 2.24) is 4.72 Å². The van der Waals surface area contributed by atoms with Crippen LogP contribution in [0.25, 0.3) is 0 Å². The zero-order valence-electron chi connectivity index (χ0n) is 14.4. The molecule has 0 aliphatic heterocycles. The van der Waals surface area contributed by atoms with Gasteiger partial charge in [-0.2, -0.15) is 0 Å². The van der Waals surface area contributed by atoms with Crippen LogP contribution < -0.4 is 10.0 Å². The molecule has 2 N–H and O–H groups in total. The fraction of sp³-hybridized carbons (Fsp3) is 0.176. The maximum Gasteiger partial charge on any atom is 0.341 e. The fourth-order valence-electron chi connectivity index (χ4n) is 2.08. The largest absolute Gasteiger partial charge is 0.452 e. The minimum Gasteiger partial charge on any atom is -0.452 e. The van der Waals surface area contributed by atoms with E-state index in [1.165, 1.54) is 7.05 Å². The minimum absolute atomic E-state index is 0.308. The van der Waals surface area contributed by atoms with E-state index in [9.17, 15) is 22.4 Å². The number of anilines is 1. The molecule has 144 valence electrons. The lowest BCUT2D eigenvalue weighted by Gasteiger charge is -2.10. The summed E-state index contributed by atoms with van der Waals surface area (Å²) in [6.45, 7) is 1.01. The summed E-state index contributed by atoms with van der Waals surface area (Å²) in [4.78, 5) is 23.7. The topological polar surface area (TPSA) is 102 Å². The molecular weight excluding hydrogens is 399 g/mol. The first-order chi connectivity index (χ1) is 12.7. The van der Waals surface area contributed by atoms with E-state index in [-0.39, 0.29) is 4.90 Å². The van der Waals surface area contributed by atoms with E-state index >= 15 is 0 Å². The zero-order chi connectivity index (χ0) is 20.2. The van der Waals surface area contributed by atoms with Gasteiger partial charge in [0.1, 0.15) is 5.82 Å². The van der Waals surface area contributed by atoms with Crippen LogP contribution in [0, 0.1) is 12.7 Å². The molecule has 27 heavy (non-hydrogen) atoms. The molecule has 2 rings (SSSR count). The number of halogens is 2. The van der Waals surface area contributed by atoms with Crippen LogP contribution in [0.3, 0.4) is 0 Å². The van der Waals surface area contributed by atoms with Gasteiger partial charge in [-0.3, -0.25) is 4.79 Å². The van der Waals surface area contributed by atoms with Crippen LogP contribution in [0.5, 0.6) is 0 Å². The van der Waals surface area contributed by atoms with Crippen LogP contribution in [0.15, 0.2) is 41.3 Å². The number of amides is 1. The van der Waals surface area contributed by atoms with Gasteiger partial charge < -0.3 is 10.1 Å². The number of carbonyl (C=O) groups excluding carboxylic acids is 2. The Kier molecular flexibility index (Phi) is 6.53. The van der Waals surface area contributed by atoms with Gasteiger partial charge in [0, 0.05) is 10.7 Å². The molecule has 0 aliphatic rings. The first kappa shape index (κ1) is 20.8. The number of hydrogen-bond acceptors (Lipinski definition) is 5. The Morgan fingerprint density at radius 3 is 2.59 bits per heavy atom. The first-order valence-electron chi connectivity index (χ1n) is 7.61. The Balaban J connectivity index is 2.08. The van der Waals surface area contributed by atoms with Gasteiger partial charge in [0.2, 0.25) is 10.0 Å². The molecule has 10 heteroatoms. The predicted octanol–water partition coefficient (Wildman–Crippen LogP) is 2.49. The minimum atomic E-state index is -3.87. The number of ether oxygens (including phenoxy) is 1. The van der Waals surface area contributed by atoms with Crippen molar-refractivity contribution < 1.29 is 27.1 Å². The third-order valence-electron chi connectivity index (χ3n) is 3.61. The number of sulfonamides is 1. The van der Waals surface area contributed by atoms with Crippen molar-refractivity contribution in [3.05, 3.63) is 58.4 Å². The second kappa shape index (κ2) is 8.47. The molecule has 0 saturated heterocycles. The molecule has 1 amide bonds. The van der Waals surface area contributed by atoms with Gasteiger partial charge in [0.15, 0.2) is 6.61 Å². The molecule has 2 aromatic carbocycles. The Bertz CT molecular complexity index is 995. The van der Waals surface area contributed by atoms with Crippen molar-refractivity contribution in [1.29, 1.82) is 0 Å². The van der Waals surface area contributed by atoms with Crippen molar-refractivity contribution in [2.75, 3.05) is 19.0 Å². The normalized spacial score (nSPS) is 11.1. The second-order valence-electron chi connectivity index (χ2n) is 5.39. The van der Waals surface area contributed by atoms with E-state index in [0.717, 1.165) is 18.2 Å². The zero-order valence-corrected chi connectivity index (χ0v) is 15.9. The van der Waals surface area contributed by atoms with Gasteiger partial charge in [-0.1, -0.05) is 17.7 Å². The number of rotatable bonds is 6. The van der Waals surface area contributed by atoms with Gasteiger partial charge in [-0.05, 0) is 49.9 Å². The summed E-state index contributed by atoms with van der Waals surface area (Å²) in [6, 6.07) is 7.58. The maximum atomic E-state index is 13.8. The number of esters is 1. The summed E-state index contributed by atoms with van der Waals surface area (Å²) in [5, 5.41) is 2.97. The highest BCUT2D eigenvalue weighted by Gasteiger charge is 2.20. The molecule has 0 spiro atoms. The highest BCUT2D eigenvalue weighted by atomic mass is 35.5. The third-order valence-corrected chi connectivity index (χ3v) is 5.43.